The molecule has 0 spiro atoms. The van der Waals surface area contributed by atoms with Crippen LogP contribution in [-0.2, 0) is 14.3 Å². The average molecular weight is 308 g/mol. The van der Waals surface area contributed by atoms with Crippen LogP contribution in [0.5, 0.6) is 0 Å². The molecule has 1 rings (SSSR count). The van der Waals surface area contributed by atoms with E-state index in [1.165, 1.54) is 39.2 Å². The zero-order valence-electron chi connectivity index (χ0n) is 10.4. The summed E-state index contributed by atoms with van der Waals surface area (Å²) in [6.07, 6.45) is 6.79. The summed E-state index contributed by atoms with van der Waals surface area (Å²) in [6, 6.07) is 0. The lowest BCUT2D eigenvalue weighted by atomic mass is 9.98. The summed E-state index contributed by atoms with van der Waals surface area (Å²) in [5.41, 5.74) is 0. The number of esters is 1. The van der Waals surface area contributed by atoms with Crippen LogP contribution in [0.3, 0.4) is 0 Å². The Morgan fingerprint density at radius 3 is 2.76 bits per heavy atom. The van der Waals surface area contributed by atoms with Gasteiger partial charge in [0.1, 0.15) is 4.83 Å². The van der Waals surface area contributed by atoms with E-state index in [9.17, 15) is 4.79 Å². The van der Waals surface area contributed by atoms with Crippen molar-refractivity contribution < 1.29 is 14.3 Å². The van der Waals surface area contributed by atoms with Gasteiger partial charge in [-0.05, 0) is 12.8 Å². The lowest BCUT2D eigenvalue weighted by Crippen LogP contribution is -2.32. The zero-order valence-corrected chi connectivity index (χ0v) is 12.0. The Labute approximate surface area is 112 Å². The lowest BCUT2D eigenvalue weighted by Gasteiger charge is -2.22. The Balaban J connectivity index is 1.95. The molecule has 1 atom stereocenters. The molecule has 0 aliphatic heterocycles. The molecule has 0 aromatic carbocycles. The third kappa shape index (κ3) is 6.38. The number of nitrogens with one attached hydrogen (secondary N) is 1. The van der Waals surface area contributed by atoms with Gasteiger partial charge in [0.2, 0.25) is 0 Å². The number of alkyl halides is 1. The van der Waals surface area contributed by atoms with Crippen LogP contribution in [0.25, 0.3) is 0 Å². The van der Waals surface area contributed by atoms with Crippen molar-refractivity contribution in [2.45, 2.75) is 43.0 Å². The molecule has 0 aromatic rings. The average Bonchev–Trinajstić information content (AvgIpc) is 2.38. The highest BCUT2D eigenvalue weighted by Gasteiger charge is 2.15. The molecule has 4 nitrogen and oxygen atoms in total. The van der Waals surface area contributed by atoms with Crippen LogP contribution in [0.15, 0.2) is 0 Å². The number of methoxy groups -OCH3 is 1. The maximum Gasteiger partial charge on any atom is 0.320 e. The zero-order chi connectivity index (χ0) is 12.5. The molecular weight excluding hydrogens is 286 g/mol. The second-order valence-electron chi connectivity index (χ2n) is 4.33. The maximum atomic E-state index is 11.1. The van der Waals surface area contributed by atoms with Gasteiger partial charge in [-0.2, -0.15) is 0 Å². The molecule has 1 saturated carbocycles. The van der Waals surface area contributed by atoms with Gasteiger partial charge in [-0.3, -0.25) is 4.79 Å². The van der Waals surface area contributed by atoms with Gasteiger partial charge in [-0.1, -0.05) is 35.2 Å². The van der Waals surface area contributed by atoms with Crippen LogP contribution in [0, 0.1) is 0 Å². The summed E-state index contributed by atoms with van der Waals surface area (Å²) in [6.45, 7) is 2.06. The minimum atomic E-state index is -0.276. The van der Waals surface area contributed by atoms with Gasteiger partial charge >= 0.3 is 5.97 Å². The van der Waals surface area contributed by atoms with Gasteiger partial charge in [0, 0.05) is 13.1 Å². The van der Waals surface area contributed by atoms with Crippen LogP contribution in [0.4, 0.5) is 0 Å². The molecule has 1 aliphatic rings. The minimum Gasteiger partial charge on any atom is -0.468 e. The molecule has 0 heterocycles. The predicted molar refractivity (Wildman–Crippen MR) is 70.4 cm³/mol. The summed E-state index contributed by atoms with van der Waals surface area (Å²) >= 11 is 3.25. The van der Waals surface area contributed by atoms with E-state index in [0.29, 0.717) is 19.3 Å². The molecule has 0 radical (unpaired) electrons. The SMILES string of the molecule is COC(=O)C(Br)CNCCOC1CCCCC1. The number of rotatable bonds is 7. The first-order valence-corrected chi connectivity index (χ1v) is 7.20. The highest BCUT2D eigenvalue weighted by atomic mass is 79.9. The fraction of sp³-hybridized carbons (Fsp3) is 0.917. The summed E-state index contributed by atoms with van der Waals surface area (Å²) in [4.78, 5) is 10.8. The first-order valence-electron chi connectivity index (χ1n) is 6.28. The third-order valence-electron chi connectivity index (χ3n) is 2.97. The predicted octanol–water partition coefficient (Wildman–Crippen LogP) is 1.86. The number of halogens is 1. The minimum absolute atomic E-state index is 0.245. The number of carbonyl (C=O) groups is 1. The number of carbonyl (C=O) groups excluding carboxylic acids is 1. The summed E-state index contributed by atoms with van der Waals surface area (Å²) in [5, 5.41) is 3.17. The van der Waals surface area contributed by atoms with Crippen LogP contribution < -0.4 is 5.32 Å². The van der Waals surface area contributed by atoms with Crippen molar-refractivity contribution in [2.75, 3.05) is 26.8 Å². The van der Waals surface area contributed by atoms with Crippen LogP contribution >= 0.6 is 15.9 Å². The van der Waals surface area contributed by atoms with Crippen molar-refractivity contribution in [1.82, 2.24) is 5.32 Å². The summed E-state index contributed by atoms with van der Waals surface area (Å²) in [5.74, 6) is -0.245. The molecule has 1 N–H and O–H groups in total. The largest absolute Gasteiger partial charge is 0.468 e. The molecular formula is C12H22BrNO3. The lowest BCUT2D eigenvalue weighted by molar-refractivity contribution is -0.139. The number of hydrogen-bond donors (Lipinski definition) is 1. The summed E-state index contributed by atoms with van der Waals surface area (Å²) in [7, 11) is 1.39. The van der Waals surface area contributed by atoms with E-state index in [4.69, 9.17) is 4.74 Å². The molecule has 100 valence electrons. The van der Waals surface area contributed by atoms with Crippen molar-refractivity contribution >= 4 is 21.9 Å². The van der Waals surface area contributed by atoms with Crippen molar-refractivity contribution in [1.29, 1.82) is 0 Å². The Morgan fingerprint density at radius 1 is 1.41 bits per heavy atom. The van der Waals surface area contributed by atoms with Crippen LogP contribution in [0.1, 0.15) is 32.1 Å². The van der Waals surface area contributed by atoms with Gasteiger partial charge in [0.05, 0.1) is 19.8 Å². The summed E-state index contributed by atoms with van der Waals surface area (Å²) < 4.78 is 10.4. The molecule has 1 fully saturated rings. The second kappa shape index (κ2) is 8.89. The molecule has 1 unspecified atom stereocenters. The monoisotopic (exact) mass is 307 g/mol. The van der Waals surface area contributed by atoms with E-state index < -0.39 is 0 Å². The normalized spacial score (nSPS) is 18.9. The van der Waals surface area contributed by atoms with E-state index in [2.05, 4.69) is 26.0 Å². The highest BCUT2D eigenvalue weighted by Crippen LogP contribution is 2.19. The van der Waals surface area contributed by atoms with E-state index >= 15 is 0 Å². The Hall–Kier alpha value is -0.130. The van der Waals surface area contributed by atoms with Crippen molar-refractivity contribution in [3.63, 3.8) is 0 Å². The topological polar surface area (TPSA) is 47.6 Å². The van der Waals surface area contributed by atoms with Gasteiger partial charge < -0.3 is 14.8 Å². The number of hydrogen-bond acceptors (Lipinski definition) is 4. The van der Waals surface area contributed by atoms with E-state index in [-0.39, 0.29) is 10.8 Å². The Morgan fingerprint density at radius 2 is 2.12 bits per heavy atom. The third-order valence-corrected chi connectivity index (χ3v) is 3.66. The maximum absolute atomic E-state index is 11.1. The molecule has 0 saturated heterocycles. The van der Waals surface area contributed by atoms with Crippen molar-refractivity contribution in [3.05, 3.63) is 0 Å². The van der Waals surface area contributed by atoms with Gasteiger partial charge in [0.15, 0.2) is 0 Å². The molecule has 0 bridgehead atoms. The Kier molecular flexibility index (Phi) is 7.81. The molecule has 5 heteroatoms. The molecule has 0 amide bonds. The van der Waals surface area contributed by atoms with Gasteiger partial charge in [-0.15, -0.1) is 0 Å². The number of ether oxygens (including phenoxy) is 2. The fourth-order valence-electron chi connectivity index (χ4n) is 1.97. The second-order valence-corrected chi connectivity index (χ2v) is 5.43. The first kappa shape index (κ1) is 14.9. The molecule has 1 aliphatic carbocycles. The van der Waals surface area contributed by atoms with Crippen LogP contribution in [0.2, 0.25) is 0 Å². The first-order chi connectivity index (χ1) is 8.24. The van der Waals surface area contributed by atoms with E-state index in [1.807, 2.05) is 0 Å². The van der Waals surface area contributed by atoms with E-state index in [0.717, 1.165) is 6.54 Å². The smallest absolute Gasteiger partial charge is 0.320 e. The van der Waals surface area contributed by atoms with Crippen molar-refractivity contribution in [2.24, 2.45) is 0 Å². The Bertz CT molecular complexity index is 220. The van der Waals surface area contributed by atoms with Crippen LogP contribution in [-0.4, -0.2) is 43.7 Å². The molecule has 0 aromatic heterocycles. The fourth-order valence-corrected chi connectivity index (χ4v) is 2.39. The van der Waals surface area contributed by atoms with Gasteiger partial charge in [0.25, 0.3) is 0 Å². The van der Waals surface area contributed by atoms with Gasteiger partial charge in [-0.25, -0.2) is 0 Å². The standard InChI is InChI=1S/C12H22BrNO3/c1-16-12(15)11(13)9-14-7-8-17-10-5-3-2-4-6-10/h10-11,14H,2-9H2,1H3. The highest BCUT2D eigenvalue weighted by molar-refractivity contribution is 9.10. The van der Waals surface area contributed by atoms with Crippen molar-refractivity contribution in [3.8, 4) is 0 Å². The van der Waals surface area contributed by atoms with E-state index in [1.54, 1.807) is 0 Å². The molecule has 17 heavy (non-hydrogen) atoms. The quantitative estimate of drug-likeness (QED) is 0.443.